The molecule has 11 heteroatoms. The molecule has 3 unspecified atom stereocenters. The van der Waals surface area contributed by atoms with Crippen LogP contribution < -0.4 is 10.1 Å². The van der Waals surface area contributed by atoms with E-state index in [1.807, 2.05) is 0 Å². The molecule has 0 aromatic heterocycles. The highest BCUT2D eigenvalue weighted by molar-refractivity contribution is 5.84. The molecule has 1 N–H and O–H groups in total. The summed E-state index contributed by atoms with van der Waals surface area (Å²) in [7, 11) is 1.47. The fraction of sp³-hybridized carbons (Fsp3) is 0.409. The fourth-order valence-corrected chi connectivity index (χ4v) is 4.17. The van der Waals surface area contributed by atoms with Crippen LogP contribution in [0.5, 0.6) is 5.75 Å². The molecule has 1 fully saturated rings. The lowest BCUT2D eigenvalue weighted by atomic mass is 9.96. The van der Waals surface area contributed by atoms with Gasteiger partial charge in [0.25, 0.3) is 0 Å². The van der Waals surface area contributed by atoms with Crippen LogP contribution in [0.25, 0.3) is 0 Å². The number of ether oxygens (including phenoxy) is 3. The van der Waals surface area contributed by atoms with Crippen molar-refractivity contribution in [1.29, 1.82) is 0 Å². The third-order valence-corrected chi connectivity index (χ3v) is 5.64. The average molecular weight is 472 g/mol. The molecule has 4 rings (SSSR count). The number of nitrogens with one attached hydrogen (secondary N) is 1. The lowest BCUT2D eigenvalue weighted by Gasteiger charge is -2.44. The van der Waals surface area contributed by atoms with Gasteiger partial charge in [0.05, 0.1) is 12.1 Å². The number of fused-ring (bicyclic) bond motifs is 1. The number of hydrogen-bond donors (Lipinski definition) is 1. The van der Waals surface area contributed by atoms with Crippen LogP contribution in [0.1, 0.15) is 23.3 Å². The van der Waals surface area contributed by atoms with Crippen LogP contribution in [0.4, 0.5) is 22.0 Å². The Bertz CT molecular complexity index is 1010. The number of para-hydroxylation sites is 1. The molecule has 0 aliphatic carbocycles. The van der Waals surface area contributed by atoms with Crippen molar-refractivity contribution in [1.82, 2.24) is 10.2 Å². The van der Waals surface area contributed by atoms with Gasteiger partial charge in [0.2, 0.25) is 5.91 Å². The number of amides is 1. The first kappa shape index (κ1) is 23.4. The molecule has 0 radical (unpaired) electrons. The summed E-state index contributed by atoms with van der Waals surface area (Å²) < 4.78 is 80.7. The van der Waals surface area contributed by atoms with Crippen molar-refractivity contribution in [2.24, 2.45) is 0 Å². The zero-order valence-electron chi connectivity index (χ0n) is 17.4. The molecule has 1 saturated heterocycles. The smallest absolute Gasteiger partial charge is 0.491 e. The van der Waals surface area contributed by atoms with Crippen molar-refractivity contribution in [2.45, 2.75) is 30.7 Å². The Kier molecular flexibility index (Phi) is 6.55. The predicted octanol–water partition coefficient (Wildman–Crippen LogP) is 3.49. The molecule has 2 heterocycles. The van der Waals surface area contributed by atoms with Crippen LogP contribution in [0.15, 0.2) is 42.5 Å². The predicted molar refractivity (Wildman–Crippen MR) is 105 cm³/mol. The molecular formula is C22H21F5N2O4. The van der Waals surface area contributed by atoms with Crippen LogP contribution in [0.2, 0.25) is 0 Å². The second kappa shape index (κ2) is 9.24. The number of alkyl halides is 3. The van der Waals surface area contributed by atoms with Gasteiger partial charge in [0, 0.05) is 37.4 Å². The van der Waals surface area contributed by atoms with Gasteiger partial charge >= 0.3 is 6.36 Å². The van der Waals surface area contributed by atoms with E-state index in [0.717, 1.165) is 12.1 Å². The number of benzene rings is 2. The maximum Gasteiger partial charge on any atom is 0.522 e. The Labute approximate surface area is 186 Å². The van der Waals surface area contributed by atoms with E-state index in [0.29, 0.717) is 17.4 Å². The standard InChI is InChI=1S/C22H21F5N2O4/c1-31-20-15-4-2-3-5-18(15)32-11-17(20)28-21(30)19(14-7-6-12(23)8-16(14)24)29-9-13(10-29)33-22(25,26)27/h2-8,13,17,19-20H,9-11H2,1H3,(H,28,30). The van der Waals surface area contributed by atoms with Crippen LogP contribution in [0.3, 0.4) is 0 Å². The van der Waals surface area contributed by atoms with E-state index in [2.05, 4.69) is 10.1 Å². The van der Waals surface area contributed by atoms with E-state index in [4.69, 9.17) is 9.47 Å². The Hall–Kier alpha value is -2.76. The number of carbonyl (C=O) groups excluding carboxylic acids is 1. The second-order valence-corrected chi connectivity index (χ2v) is 7.83. The Morgan fingerprint density at radius 1 is 1.18 bits per heavy atom. The number of nitrogens with zero attached hydrogens (tertiary/aromatic N) is 1. The Balaban J connectivity index is 1.55. The number of hydrogen-bond acceptors (Lipinski definition) is 5. The lowest BCUT2D eigenvalue weighted by Crippen LogP contribution is -2.59. The van der Waals surface area contributed by atoms with Crippen molar-refractivity contribution in [2.75, 3.05) is 26.8 Å². The molecule has 2 aromatic rings. The number of methoxy groups -OCH3 is 1. The Morgan fingerprint density at radius 3 is 2.58 bits per heavy atom. The largest absolute Gasteiger partial charge is 0.522 e. The first-order chi connectivity index (χ1) is 15.7. The minimum absolute atomic E-state index is 0.0691. The third kappa shape index (κ3) is 5.10. The van der Waals surface area contributed by atoms with Crippen molar-refractivity contribution < 1.29 is 41.0 Å². The van der Waals surface area contributed by atoms with E-state index in [1.165, 1.54) is 12.0 Å². The van der Waals surface area contributed by atoms with Gasteiger partial charge in [-0.3, -0.25) is 14.4 Å². The summed E-state index contributed by atoms with van der Waals surface area (Å²) in [6.45, 7) is -0.446. The topological polar surface area (TPSA) is 60.0 Å². The van der Waals surface area contributed by atoms with Gasteiger partial charge in [-0.1, -0.05) is 24.3 Å². The van der Waals surface area contributed by atoms with E-state index < -0.39 is 48.2 Å². The van der Waals surface area contributed by atoms with Gasteiger partial charge in [0.15, 0.2) is 0 Å². The fourth-order valence-electron chi connectivity index (χ4n) is 4.17. The second-order valence-electron chi connectivity index (χ2n) is 7.83. The molecule has 2 aromatic carbocycles. The van der Waals surface area contributed by atoms with Crippen molar-refractivity contribution in [3.05, 3.63) is 65.2 Å². The summed E-state index contributed by atoms with van der Waals surface area (Å²) >= 11 is 0. The molecule has 33 heavy (non-hydrogen) atoms. The van der Waals surface area contributed by atoms with Gasteiger partial charge < -0.3 is 14.8 Å². The molecule has 6 nitrogen and oxygen atoms in total. The van der Waals surface area contributed by atoms with Gasteiger partial charge in [-0.2, -0.15) is 0 Å². The van der Waals surface area contributed by atoms with Crippen molar-refractivity contribution >= 4 is 5.91 Å². The number of rotatable bonds is 6. The van der Waals surface area contributed by atoms with E-state index in [9.17, 15) is 26.7 Å². The molecule has 2 aliphatic rings. The summed E-state index contributed by atoms with van der Waals surface area (Å²) in [6.07, 6.45) is -6.58. The van der Waals surface area contributed by atoms with Gasteiger partial charge in [-0.15, -0.1) is 13.2 Å². The summed E-state index contributed by atoms with van der Waals surface area (Å²) in [6, 6.07) is 7.90. The lowest BCUT2D eigenvalue weighted by molar-refractivity contribution is -0.355. The van der Waals surface area contributed by atoms with Crippen LogP contribution in [-0.4, -0.2) is 56.1 Å². The highest BCUT2D eigenvalue weighted by Crippen LogP contribution is 2.36. The summed E-state index contributed by atoms with van der Waals surface area (Å²) in [5.41, 5.74) is 0.550. The molecule has 178 valence electrons. The molecule has 0 bridgehead atoms. The minimum atomic E-state index is -4.83. The van der Waals surface area contributed by atoms with Crippen LogP contribution in [-0.2, 0) is 14.3 Å². The zero-order valence-corrected chi connectivity index (χ0v) is 17.4. The van der Waals surface area contributed by atoms with Gasteiger partial charge in [0.1, 0.15) is 36.1 Å². The SMILES string of the molecule is COC1c2ccccc2OCC1NC(=O)C(c1ccc(F)cc1F)N1CC(OC(F)(F)F)C1. The van der Waals surface area contributed by atoms with E-state index >= 15 is 0 Å². The first-order valence-corrected chi connectivity index (χ1v) is 10.1. The summed E-state index contributed by atoms with van der Waals surface area (Å²) in [5.74, 6) is -1.90. The normalized spacial score (nSPS) is 22.1. The maximum absolute atomic E-state index is 14.6. The third-order valence-electron chi connectivity index (χ3n) is 5.64. The summed E-state index contributed by atoms with van der Waals surface area (Å²) in [5, 5.41) is 2.76. The average Bonchev–Trinajstić information content (AvgIpc) is 2.72. The van der Waals surface area contributed by atoms with Crippen LogP contribution in [0, 0.1) is 11.6 Å². The maximum atomic E-state index is 14.6. The quantitative estimate of drug-likeness (QED) is 0.653. The van der Waals surface area contributed by atoms with Crippen LogP contribution >= 0.6 is 0 Å². The van der Waals surface area contributed by atoms with Crippen molar-refractivity contribution in [3.8, 4) is 5.75 Å². The monoisotopic (exact) mass is 472 g/mol. The zero-order chi connectivity index (χ0) is 23.8. The number of carbonyl (C=O) groups is 1. The first-order valence-electron chi connectivity index (χ1n) is 10.1. The highest BCUT2D eigenvalue weighted by atomic mass is 19.4. The van der Waals surface area contributed by atoms with Gasteiger partial charge in [-0.05, 0) is 12.1 Å². The molecule has 3 atom stereocenters. The molecular weight excluding hydrogens is 451 g/mol. The highest BCUT2D eigenvalue weighted by Gasteiger charge is 2.45. The molecule has 2 aliphatic heterocycles. The van der Waals surface area contributed by atoms with E-state index in [-0.39, 0.29) is 25.3 Å². The molecule has 0 saturated carbocycles. The molecule has 1 amide bonds. The van der Waals surface area contributed by atoms with Gasteiger partial charge in [-0.25, -0.2) is 8.78 Å². The van der Waals surface area contributed by atoms with E-state index in [1.54, 1.807) is 24.3 Å². The number of likely N-dealkylation sites (tertiary alicyclic amines) is 1. The minimum Gasteiger partial charge on any atom is -0.491 e. The van der Waals surface area contributed by atoms with Crippen molar-refractivity contribution in [3.63, 3.8) is 0 Å². The Morgan fingerprint density at radius 2 is 1.91 bits per heavy atom. The molecule has 0 spiro atoms. The summed E-state index contributed by atoms with van der Waals surface area (Å²) in [4.78, 5) is 14.6. The number of halogens is 5.